The molecule has 3 rings (SSSR count). The molecular weight excluding hydrogens is 342 g/mol. The fraction of sp³-hybridized carbons (Fsp3) is 0.471. The number of aromatic hydroxyl groups is 1. The summed E-state index contributed by atoms with van der Waals surface area (Å²) in [4.78, 5) is 12.3. The van der Waals surface area contributed by atoms with E-state index in [4.69, 9.17) is 5.73 Å². The number of benzene rings is 1. The molecule has 1 aromatic heterocycles. The molecule has 0 saturated heterocycles. The second-order valence-electron chi connectivity index (χ2n) is 6.40. The molecule has 1 aliphatic rings. The summed E-state index contributed by atoms with van der Waals surface area (Å²) in [5, 5.41) is 20.0. The molecule has 1 aromatic carbocycles. The Morgan fingerprint density at radius 1 is 1.20 bits per heavy atom. The number of carbonyl (C=O) groups excluding carboxylic acids is 1. The molecule has 1 saturated carbocycles. The van der Waals surface area contributed by atoms with Crippen LogP contribution in [0.1, 0.15) is 37.3 Å². The summed E-state index contributed by atoms with van der Waals surface area (Å²) in [6.45, 7) is 0. The van der Waals surface area contributed by atoms with Crippen LogP contribution < -0.4 is 11.1 Å². The van der Waals surface area contributed by atoms with Crippen molar-refractivity contribution in [3.8, 4) is 5.75 Å². The first kappa shape index (κ1) is 19.2. The summed E-state index contributed by atoms with van der Waals surface area (Å²) in [7, 11) is 0. The van der Waals surface area contributed by atoms with Gasteiger partial charge in [-0.3, -0.25) is 4.79 Å². The standard InChI is InChI=1S/C17H23N5O2.ClH/c18-16(9-12-1-7-15(23)8-2-12)17(24)21-13-3-5-14(6-4-13)22-10-19-20-11-22;/h1-2,7-8,10-11,13-14,16,23H,3-6,9,18H2,(H,21,24);1H/t13?,14?,16-;/m0./s1. The van der Waals surface area contributed by atoms with Crippen LogP contribution in [-0.4, -0.2) is 37.9 Å². The first-order chi connectivity index (χ1) is 11.6. The maximum Gasteiger partial charge on any atom is 0.237 e. The van der Waals surface area contributed by atoms with Crippen molar-refractivity contribution in [1.29, 1.82) is 0 Å². The molecule has 1 fully saturated rings. The van der Waals surface area contributed by atoms with Crippen molar-refractivity contribution in [3.63, 3.8) is 0 Å². The highest BCUT2D eigenvalue weighted by atomic mass is 35.5. The number of carbonyl (C=O) groups is 1. The molecule has 1 atom stereocenters. The van der Waals surface area contributed by atoms with Crippen molar-refractivity contribution in [3.05, 3.63) is 42.5 Å². The lowest BCUT2D eigenvalue weighted by Crippen LogP contribution is -2.47. The van der Waals surface area contributed by atoms with Crippen LogP contribution in [0.2, 0.25) is 0 Å². The van der Waals surface area contributed by atoms with E-state index in [0.29, 0.717) is 12.5 Å². The van der Waals surface area contributed by atoms with Crippen LogP contribution in [0.25, 0.3) is 0 Å². The summed E-state index contributed by atoms with van der Waals surface area (Å²) in [6.07, 6.45) is 7.81. The van der Waals surface area contributed by atoms with E-state index >= 15 is 0 Å². The molecule has 1 amide bonds. The minimum atomic E-state index is -0.579. The third kappa shape index (κ3) is 5.17. The minimum absolute atomic E-state index is 0. The van der Waals surface area contributed by atoms with E-state index in [2.05, 4.69) is 15.5 Å². The molecule has 0 unspecified atom stereocenters. The number of hydrogen-bond donors (Lipinski definition) is 3. The molecule has 1 heterocycles. The fourth-order valence-corrected chi connectivity index (χ4v) is 3.20. The number of phenols is 1. The van der Waals surface area contributed by atoms with Crippen molar-refractivity contribution < 1.29 is 9.90 Å². The number of rotatable bonds is 5. The molecule has 136 valence electrons. The van der Waals surface area contributed by atoms with Gasteiger partial charge >= 0.3 is 0 Å². The summed E-state index contributed by atoms with van der Waals surface area (Å²) >= 11 is 0. The van der Waals surface area contributed by atoms with Gasteiger partial charge in [-0.05, 0) is 49.8 Å². The first-order valence-corrected chi connectivity index (χ1v) is 8.30. The molecule has 1 aliphatic carbocycles. The van der Waals surface area contributed by atoms with Gasteiger partial charge in [0.05, 0.1) is 6.04 Å². The summed E-state index contributed by atoms with van der Waals surface area (Å²) < 4.78 is 2.04. The number of amides is 1. The minimum Gasteiger partial charge on any atom is -0.508 e. The third-order valence-corrected chi connectivity index (χ3v) is 4.63. The maximum atomic E-state index is 12.3. The Hall–Kier alpha value is -2.12. The Bertz CT molecular complexity index is 654. The van der Waals surface area contributed by atoms with E-state index in [9.17, 15) is 9.90 Å². The first-order valence-electron chi connectivity index (χ1n) is 8.30. The number of nitrogens with one attached hydrogen (secondary N) is 1. The molecule has 0 bridgehead atoms. The number of halogens is 1. The predicted molar refractivity (Wildman–Crippen MR) is 96.5 cm³/mol. The Morgan fingerprint density at radius 3 is 2.40 bits per heavy atom. The summed E-state index contributed by atoms with van der Waals surface area (Å²) in [6, 6.07) is 6.79. The van der Waals surface area contributed by atoms with Crippen molar-refractivity contribution in [2.75, 3.05) is 0 Å². The van der Waals surface area contributed by atoms with E-state index in [1.165, 1.54) is 0 Å². The zero-order valence-corrected chi connectivity index (χ0v) is 14.7. The van der Waals surface area contributed by atoms with Crippen LogP contribution in [0.15, 0.2) is 36.9 Å². The van der Waals surface area contributed by atoms with Crippen LogP contribution in [0.5, 0.6) is 5.75 Å². The summed E-state index contributed by atoms with van der Waals surface area (Å²) in [5.74, 6) is 0.0949. The van der Waals surface area contributed by atoms with Crippen LogP contribution >= 0.6 is 12.4 Å². The topological polar surface area (TPSA) is 106 Å². The number of phenolic OH excluding ortho intramolecular Hbond substituents is 1. The van der Waals surface area contributed by atoms with Gasteiger partial charge in [0.1, 0.15) is 18.4 Å². The van der Waals surface area contributed by atoms with Gasteiger partial charge in [-0.15, -0.1) is 22.6 Å². The van der Waals surface area contributed by atoms with Gasteiger partial charge in [-0.1, -0.05) is 12.1 Å². The van der Waals surface area contributed by atoms with E-state index in [-0.39, 0.29) is 30.1 Å². The molecule has 4 N–H and O–H groups in total. The molecule has 0 aliphatic heterocycles. The molecule has 0 spiro atoms. The summed E-state index contributed by atoms with van der Waals surface area (Å²) in [5.41, 5.74) is 6.95. The zero-order chi connectivity index (χ0) is 16.9. The van der Waals surface area contributed by atoms with Crippen molar-refractivity contribution in [2.24, 2.45) is 5.73 Å². The third-order valence-electron chi connectivity index (χ3n) is 4.63. The average molecular weight is 366 g/mol. The lowest BCUT2D eigenvalue weighted by Gasteiger charge is -2.30. The lowest BCUT2D eigenvalue weighted by atomic mass is 9.90. The molecule has 7 nitrogen and oxygen atoms in total. The van der Waals surface area contributed by atoms with Crippen LogP contribution in [0, 0.1) is 0 Å². The van der Waals surface area contributed by atoms with Gasteiger partial charge in [0, 0.05) is 12.1 Å². The highest BCUT2D eigenvalue weighted by Crippen LogP contribution is 2.28. The average Bonchev–Trinajstić information content (AvgIpc) is 3.12. The highest BCUT2D eigenvalue weighted by Gasteiger charge is 2.25. The number of aromatic nitrogens is 3. The Balaban J connectivity index is 0.00000225. The molecule has 8 heteroatoms. The van der Waals surface area contributed by atoms with Gasteiger partial charge < -0.3 is 20.7 Å². The molecule has 2 aromatic rings. The lowest BCUT2D eigenvalue weighted by molar-refractivity contribution is -0.123. The second-order valence-corrected chi connectivity index (χ2v) is 6.40. The number of nitrogens with two attached hydrogens (primary N) is 1. The zero-order valence-electron chi connectivity index (χ0n) is 13.9. The van der Waals surface area contributed by atoms with Gasteiger partial charge in [-0.25, -0.2) is 0 Å². The second kappa shape index (κ2) is 8.82. The Morgan fingerprint density at radius 2 is 1.80 bits per heavy atom. The Kier molecular flexibility index (Phi) is 6.78. The van der Waals surface area contributed by atoms with E-state index in [0.717, 1.165) is 31.2 Å². The van der Waals surface area contributed by atoms with Crippen LogP contribution in [-0.2, 0) is 11.2 Å². The number of hydrogen-bond acceptors (Lipinski definition) is 5. The fourth-order valence-electron chi connectivity index (χ4n) is 3.20. The van der Waals surface area contributed by atoms with E-state index in [1.807, 2.05) is 4.57 Å². The molecular formula is C17H24ClN5O2. The van der Waals surface area contributed by atoms with Gasteiger partial charge in [0.25, 0.3) is 0 Å². The van der Waals surface area contributed by atoms with Crippen molar-refractivity contribution in [2.45, 2.75) is 50.2 Å². The SMILES string of the molecule is Cl.N[C@@H](Cc1ccc(O)cc1)C(=O)NC1CCC(n2cnnc2)CC1. The van der Waals surface area contributed by atoms with Crippen LogP contribution in [0.4, 0.5) is 0 Å². The monoisotopic (exact) mass is 365 g/mol. The number of nitrogens with zero attached hydrogens (tertiary/aromatic N) is 3. The van der Waals surface area contributed by atoms with Crippen molar-refractivity contribution in [1.82, 2.24) is 20.1 Å². The maximum absolute atomic E-state index is 12.3. The smallest absolute Gasteiger partial charge is 0.237 e. The van der Waals surface area contributed by atoms with Gasteiger partial charge in [0.2, 0.25) is 5.91 Å². The van der Waals surface area contributed by atoms with Crippen LogP contribution in [0.3, 0.4) is 0 Å². The van der Waals surface area contributed by atoms with Gasteiger partial charge in [0.15, 0.2) is 0 Å². The quantitative estimate of drug-likeness (QED) is 0.745. The molecule has 0 radical (unpaired) electrons. The van der Waals surface area contributed by atoms with E-state index in [1.54, 1.807) is 36.9 Å². The normalized spacial score (nSPS) is 21.2. The largest absolute Gasteiger partial charge is 0.508 e. The highest BCUT2D eigenvalue weighted by molar-refractivity contribution is 5.85. The predicted octanol–water partition coefficient (Wildman–Crippen LogP) is 1.58. The van der Waals surface area contributed by atoms with Crippen molar-refractivity contribution >= 4 is 18.3 Å². The van der Waals surface area contributed by atoms with Gasteiger partial charge in [-0.2, -0.15) is 0 Å². The Labute approximate surface area is 153 Å². The van der Waals surface area contributed by atoms with E-state index < -0.39 is 6.04 Å². The molecule has 25 heavy (non-hydrogen) atoms.